The number of benzene rings is 2. The van der Waals surface area contributed by atoms with Crippen molar-refractivity contribution in [3.63, 3.8) is 0 Å². The summed E-state index contributed by atoms with van der Waals surface area (Å²) in [6, 6.07) is 15.5. The molecule has 86 valence electrons. The fourth-order valence-corrected chi connectivity index (χ4v) is 3.11. The van der Waals surface area contributed by atoms with Gasteiger partial charge in [0.05, 0.1) is 0 Å². The number of allylic oxidation sites excluding steroid dienone is 4. The molecule has 0 fully saturated rings. The maximum absolute atomic E-state index is 2.27. The average molecular weight is 230 g/mol. The molecule has 0 atom stereocenters. The first-order valence-electron chi connectivity index (χ1n) is 6.50. The van der Waals surface area contributed by atoms with Crippen LogP contribution in [0.25, 0.3) is 16.7 Å². The van der Waals surface area contributed by atoms with Crippen LogP contribution in [0, 0.1) is 0 Å². The van der Waals surface area contributed by atoms with Gasteiger partial charge in [0.25, 0.3) is 0 Å². The summed E-state index contributed by atoms with van der Waals surface area (Å²) >= 11 is 0. The van der Waals surface area contributed by atoms with Gasteiger partial charge in [-0.25, -0.2) is 0 Å². The van der Waals surface area contributed by atoms with Gasteiger partial charge in [0.15, 0.2) is 0 Å². The molecule has 0 radical (unpaired) electrons. The maximum Gasteiger partial charge on any atom is -0.000740 e. The summed E-state index contributed by atoms with van der Waals surface area (Å²) in [4.78, 5) is 0. The van der Waals surface area contributed by atoms with E-state index in [1.54, 1.807) is 0 Å². The smallest absolute Gasteiger partial charge is 0.000740 e. The van der Waals surface area contributed by atoms with Gasteiger partial charge in [-0.3, -0.25) is 0 Å². The summed E-state index contributed by atoms with van der Waals surface area (Å²) in [5.74, 6) is 0. The van der Waals surface area contributed by atoms with E-state index in [4.69, 9.17) is 0 Å². The zero-order valence-electron chi connectivity index (χ0n) is 10.2. The van der Waals surface area contributed by atoms with Gasteiger partial charge in [0.2, 0.25) is 0 Å². The first-order valence-corrected chi connectivity index (χ1v) is 6.50. The topological polar surface area (TPSA) is 0 Å². The largest absolute Gasteiger partial charge is 0.0801 e. The van der Waals surface area contributed by atoms with Crippen molar-refractivity contribution in [2.75, 3.05) is 0 Å². The molecular weight excluding hydrogens is 216 g/mol. The Morgan fingerprint density at radius 3 is 2.50 bits per heavy atom. The van der Waals surface area contributed by atoms with Crippen LogP contribution in [0.15, 0.2) is 60.7 Å². The Bertz CT molecular complexity index is 687. The third-order valence-electron chi connectivity index (χ3n) is 3.97. The summed E-state index contributed by atoms with van der Waals surface area (Å²) in [5.41, 5.74) is 8.71. The quantitative estimate of drug-likeness (QED) is 0.573. The minimum absolute atomic E-state index is 1.08. The Morgan fingerprint density at radius 1 is 0.778 bits per heavy atom. The summed E-state index contributed by atoms with van der Waals surface area (Å²) in [7, 11) is 0. The van der Waals surface area contributed by atoms with Crippen LogP contribution in [-0.4, -0.2) is 0 Å². The molecule has 0 nitrogen and oxygen atoms in total. The van der Waals surface area contributed by atoms with Gasteiger partial charge < -0.3 is 0 Å². The van der Waals surface area contributed by atoms with E-state index in [1.165, 1.54) is 33.4 Å². The molecule has 0 saturated heterocycles. The highest BCUT2D eigenvalue weighted by molar-refractivity contribution is 5.84. The summed E-state index contributed by atoms with van der Waals surface area (Å²) in [5, 5.41) is 0. The molecule has 0 bridgehead atoms. The molecule has 2 aromatic carbocycles. The first kappa shape index (κ1) is 9.90. The van der Waals surface area contributed by atoms with Gasteiger partial charge in [0.1, 0.15) is 0 Å². The molecule has 0 heterocycles. The predicted molar refractivity (Wildman–Crippen MR) is 76.4 cm³/mol. The maximum atomic E-state index is 2.27. The molecule has 0 heteroatoms. The normalized spacial score (nSPS) is 15.4. The zero-order valence-corrected chi connectivity index (χ0v) is 10.2. The lowest BCUT2D eigenvalue weighted by molar-refractivity contribution is 1.24. The number of rotatable bonds is 1. The van der Waals surface area contributed by atoms with Crippen molar-refractivity contribution in [1.82, 2.24) is 0 Å². The molecule has 0 unspecified atom stereocenters. The summed E-state index contributed by atoms with van der Waals surface area (Å²) < 4.78 is 0. The highest BCUT2D eigenvalue weighted by Crippen LogP contribution is 2.41. The van der Waals surface area contributed by atoms with E-state index in [9.17, 15) is 0 Å². The first-order chi connectivity index (χ1) is 8.93. The van der Waals surface area contributed by atoms with Crippen LogP contribution in [-0.2, 0) is 6.42 Å². The van der Waals surface area contributed by atoms with Gasteiger partial charge >= 0.3 is 0 Å². The Kier molecular flexibility index (Phi) is 2.04. The summed E-state index contributed by atoms with van der Waals surface area (Å²) in [6.07, 6.45) is 8.80. The second-order valence-corrected chi connectivity index (χ2v) is 4.99. The molecule has 2 aromatic rings. The molecule has 0 amide bonds. The van der Waals surface area contributed by atoms with E-state index in [0.29, 0.717) is 0 Å². The Balaban J connectivity index is 1.92. The third kappa shape index (κ3) is 1.32. The molecule has 0 N–H and O–H groups in total. The lowest BCUT2D eigenvalue weighted by atomic mass is 9.95. The van der Waals surface area contributed by atoms with Crippen LogP contribution in [0.1, 0.15) is 23.1 Å². The molecule has 2 aliphatic rings. The monoisotopic (exact) mass is 230 g/mol. The van der Waals surface area contributed by atoms with Crippen LogP contribution in [0.3, 0.4) is 0 Å². The number of hydrogen-bond acceptors (Lipinski definition) is 0. The SMILES string of the molecule is C1=CCC(c2cccc3c2Cc2ccccc2-3)=C1. The van der Waals surface area contributed by atoms with Crippen molar-refractivity contribution < 1.29 is 0 Å². The highest BCUT2D eigenvalue weighted by Gasteiger charge is 2.21. The van der Waals surface area contributed by atoms with Crippen molar-refractivity contribution in [3.8, 4) is 11.1 Å². The molecule has 0 aromatic heterocycles. The van der Waals surface area contributed by atoms with Crippen molar-refractivity contribution >= 4 is 5.57 Å². The molecule has 0 aliphatic heterocycles. The molecule has 4 rings (SSSR count). The van der Waals surface area contributed by atoms with Crippen molar-refractivity contribution in [2.24, 2.45) is 0 Å². The van der Waals surface area contributed by atoms with Crippen LogP contribution in [0.4, 0.5) is 0 Å². The standard InChI is InChI=1S/C18H14/c1-2-7-13(6-1)15-10-5-11-17-16-9-4-3-8-14(16)12-18(15)17/h1-6,8-11H,7,12H2. The number of hydrogen-bond donors (Lipinski definition) is 0. The highest BCUT2D eigenvalue weighted by atomic mass is 14.2. The Morgan fingerprint density at radius 2 is 1.61 bits per heavy atom. The van der Waals surface area contributed by atoms with Crippen LogP contribution in [0.2, 0.25) is 0 Å². The van der Waals surface area contributed by atoms with Gasteiger partial charge in [-0.15, -0.1) is 0 Å². The van der Waals surface area contributed by atoms with E-state index in [-0.39, 0.29) is 0 Å². The molecule has 0 saturated carbocycles. The lowest BCUT2D eigenvalue weighted by Crippen LogP contribution is -1.90. The van der Waals surface area contributed by atoms with E-state index in [2.05, 4.69) is 60.7 Å². The predicted octanol–water partition coefficient (Wildman–Crippen LogP) is 4.60. The van der Waals surface area contributed by atoms with E-state index >= 15 is 0 Å². The second kappa shape index (κ2) is 3.71. The van der Waals surface area contributed by atoms with Gasteiger partial charge in [-0.05, 0) is 46.2 Å². The minimum atomic E-state index is 1.08. The minimum Gasteiger partial charge on any atom is -0.0801 e. The van der Waals surface area contributed by atoms with Crippen molar-refractivity contribution in [1.29, 1.82) is 0 Å². The van der Waals surface area contributed by atoms with Gasteiger partial charge in [0, 0.05) is 0 Å². The fourth-order valence-electron chi connectivity index (χ4n) is 3.11. The Labute approximate surface area is 107 Å². The van der Waals surface area contributed by atoms with E-state index < -0.39 is 0 Å². The molecular formula is C18H14. The zero-order chi connectivity index (χ0) is 11.9. The molecule has 0 spiro atoms. The second-order valence-electron chi connectivity index (χ2n) is 4.99. The summed E-state index contributed by atoms with van der Waals surface area (Å²) in [6.45, 7) is 0. The molecule has 18 heavy (non-hydrogen) atoms. The fraction of sp³-hybridized carbons (Fsp3) is 0.111. The average Bonchev–Trinajstić information content (AvgIpc) is 3.05. The van der Waals surface area contributed by atoms with Crippen LogP contribution >= 0.6 is 0 Å². The van der Waals surface area contributed by atoms with E-state index in [0.717, 1.165) is 12.8 Å². The van der Waals surface area contributed by atoms with E-state index in [1.807, 2.05) is 0 Å². The Hall–Kier alpha value is -2.08. The van der Waals surface area contributed by atoms with Gasteiger partial charge in [-0.1, -0.05) is 60.7 Å². The van der Waals surface area contributed by atoms with Crippen molar-refractivity contribution in [3.05, 3.63) is 77.4 Å². The lowest BCUT2D eigenvalue weighted by Gasteiger charge is -2.09. The van der Waals surface area contributed by atoms with Crippen LogP contribution in [0.5, 0.6) is 0 Å². The number of fused-ring (bicyclic) bond motifs is 3. The van der Waals surface area contributed by atoms with Crippen LogP contribution < -0.4 is 0 Å². The van der Waals surface area contributed by atoms with Gasteiger partial charge in [-0.2, -0.15) is 0 Å². The van der Waals surface area contributed by atoms with Crippen molar-refractivity contribution in [2.45, 2.75) is 12.8 Å². The third-order valence-corrected chi connectivity index (χ3v) is 3.97. The molecule has 2 aliphatic carbocycles.